The van der Waals surface area contributed by atoms with E-state index in [-0.39, 0.29) is 30.1 Å². The number of piperazine rings is 1. The molecule has 4 heterocycles. The maximum Gasteiger partial charge on any atom is 0.283 e. The van der Waals surface area contributed by atoms with E-state index in [9.17, 15) is 13.2 Å². The van der Waals surface area contributed by atoms with Gasteiger partial charge in [-0.1, -0.05) is 18.5 Å². The van der Waals surface area contributed by atoms with Crippen LogP contribution in [0, 0.1) is 0 Å². The van der Waals surface area contributed by atoms with Crippen molar-refractivity contribution in [2.75, 3.05) is 33.7 Å². The lowest BCUT2D eigenvalue weighted by molar-refractivity contribution is -0.00173. The van der Waals surface area contributed by atoms with E-state index >= 15 is 0 Å². The highest BCUT2D eigenvalue weighted by atomic mass is 35.5. The number of fused-ring (bicyclic) bond motifs is 2. The Kier molecular flexibility index (Phi) is 6.20. The molecule has 1 fully saturated rings. The minimum Gasteiger partial charge on any atom is -0.345 e. The molecule has 1 unspecified atom stereocenters. The Morgan fingerprint density at radius 2 is 1.97 bits per heavy atom. The summed E-state index contributed by atoms with van der Waals surface area (Å²) in [6.45, 7) is 4.19. The van der Waals surface area contributed by atoms with Crippen molar-refractivity contribution in [3.63, 3.8) is 0 Å². The third-order valence-corrected chi connectivity index (χ3v) is 9.74. The van der Waals surface area contributed by atoms with Gasteiger partial charge >= 0.3 is 0 Å². The summed E-state index contributed by atoms with van der Waals surface area (Å²) in [6.07, 6.45) is 0.649. The number of carbonyl (C=O) groups is 1. The predicted molar refractivity (Wildman–Crippen MR) is 132 cm³/mol. The van der Waals surface area contributed by atoms with Crippen LogP contribution in [0.4, 0.5) is 0 Å². The van der Waals surface area contributed by atoms with Crippen LogP contribution in [0.15, 0.2) is 29.3 Å². The summed E-state index contributed by atoms with van der Waals surface area (Å²) in [5, 5.41) is 6.10. The quantitative estimate of drug-likeness (QED) is 0.566. The molecule has 3 aromatic rings. The van der Waals surface area contributed by atoms with Crippen LogP contribution in [0.2, 0.25) is 5.02 Å². The number of hydrazine groups is 1. The Balaban J connectivity index is 1.35. The largest absolute Gasteiger partial charge is 0.345 e. The van der Waals surface area contributed by atoms with Gasteiger partial charge in [-0.15, -0.1) is 11.3 Å². The van der Waals surface area contributed by atoms with Crippen molar-refractivity contribution >= 4 is 49.8 Å². The Bertz CT molecular complexity index is 1330. The maximum atomic E-state index is 13.4. The van der Waals surface area contributed by atoms with Gasteiger partial charge < -0.3 is 9.88 Å². The van der Waals surface area contributed by atoms with Gasteiger partial charge in [0.25, 0.3) is 15.9 Å². The van der Waals surface area contributed by atoms with Gasteiger partial charge in [0, 0.05) is 67.1 Å². The number of carbonyl (C=O) groups excluding carboxylic acids is 1. The number of aromatic nitrogens is 2. The first-order chi connectivity index (χ1) is 16.2. The first kappa shape index (κ1) is 23.7. The second kappa shape index (κ2) is 8.89. The molecule has 1 aromatic carbocycles. The van der Waals surface area contributed by atoms with Crippen LogP contribution in [0.5, 0.6) is 0 Å². The zero-order valence-corrected chi connectivity index (χ0v) is 21.7. The zero-order valence-electron chi connectivity index (χ0n) is 19.3. The van der Waals surface area contributed by atoms with Crippen LogP contribution >= 0.6 is 22.9 Å². The van der Waals surface area contributed by atoms with Gasteiger partial charge in [0.15, 0.2) is 5.01 Å². The normalized spacial score (nSPS) is 20.7. The Morgan fingerprint density at radius 3 is 2.74 bits per heavy atom. The molecular weight excluding hydrogens is 496 g/mol. The lowest BCUT2D eigenvalue weighted by Gasteiger charge is -2.39. The van der Waals surface area contributed by atoms with Crippen LogP contribution in [0.1, 0.15) is 33.7 Å². The standard InChI is InChI=1S/C22H27ClN6O3S2/c1-4-16-11-28(34(31,32)20-10-14-9-15(23)5-6-17(14)24-20)7-8-29(16)22(30)21-25-18-12-26(2)27(3)13-19(18)33-21/h5-6,9-10,16,24H,4,7-8,11-13H2,1-3H3. The van der Waals surface area contributed by atoms with Crippen molar-refractivity contribution in [2.24, 2.45) is 0 Å². The third kappa shape index (κ3) is 4.14. The molecule has 2 aliphatic rings. The summed E-state index contributed by atoms with van der Waals surface area (Å²) in [6, 6.07) is 6.62. The van der Waals surface area contributed by atoms with Crippen LogP contribution in [0.3, 0.4) is 0 Å². The highest BCUT2D eigenvalue weighted by molar-refractivity contribution is 7.89. The second-order valence-electron chi connectivity index (χ2n) is 8.81. The SMILES string of the molecule is CCC1CN(S(=O)(=O)c2cc3cc(Cl)ccc3[nH]2)CCN1C(=O)c1nc2c(s1)CN(C)N(C)C2. The fourth-order valence-electron chi connectivity index (χ4n) is 4.53. The lowest BCUT2D eigenvalue weighted by Crippen LogP contribution is -2.56. The highest BCUT2D eigenvalue weighted by Gasteiger charge is 2.38. The van der Waals surface area contributed by atoms with Crippen molar-refractivity contribution < 1.29 is 13.2 Å². The Labute approximate surface area is 207 Å². The molecule has 0 saturated carbocycles. The molecule has 0 aliphatic carbocycles. The van der Waals surface area contributed by atoms with Gasteiger partial charge in [-0.05, 0) is 30.7 Å². The van der Waals surface area contributed by atoms with Crippen LogP contribution in [-0.4, -0.2) is 83.3 Å². The van der Waals surface area contributed by atoms with Crippen molar-refractivity contribution in [3.05, 3.63) is 44.9 Å². The maximum absolute atomic E-state index is 13.4. The monoisotopic (exact) mass is 522 g/mol. The van der Waals surface area contributed by atoms with Gasteiger partial charge in [-0.2, -0.15) is 4.31 Å². The van der Waals surface area contributed by atoms with Crippen molar-refractivity contribution in [3.8, 4) is 0 Å². The Hall–Kier alpha value is -2.02. The third-order valence-electron chi connectivity index (χ3n) is 6.65. The average molecular weight is 523 g/mol. The number of thiazole rings is 1. The molecule has 5 rings (SSSR count). The molecule has 12 heteroatoms. The topological polar surface area (TPSA) is 92.8 Å². The molecule has 0 spiro atoms. The number of rotatable bonds is 4. The van der Waals surface area contributed by atoms with E-state index in [1.54, 1.807) is 29.2 Å². The first-order valence-corrected chi connectivity index (χ1v) is 13.8. The molecule has 1 amide bonds. The van der Waals surface area contributed by atoms with E-state index in [0.29, 0.717) is 35.1 Å². The number of benzene rings is 1. The summed E-state index contributed by atoms with van der Waals surface area (Å²) in [7, 11) is 0.276. The lowest BCUT2D eigenvalue weighted by atomic mass is 10.1. The second-order valence-corrected chi connectivity index (χ2v) is 12.2. The van der Waals surface area contributed by atoms with Crippen molar-refractivity contribution in [2.45, 2.75) is 37.5 Å². The molecule has 1 saturated heterocycles. The van der Waals surface area contributed by atoms with Gasteiger partial charge in [0.2, 0.25) is 0 Å². The number of hydrogen-bond acceptors (Lipinski definition) is 7. The molecule has 0 radical (unpaired) electrons. The van der Waals surface area contributed by atoms with Crippen molar-refractivity contribution in [1.29, 1.82) is 0 Å². The Morgan fingerprint density at radius 1 is 1.21 bits per heavy atom. The highest BCUT2D eigenvalue weighted by Crippen LogP contribution is 2.30. The number of nitrogens with zero attached hydrogens (tertiary/aromatic N) is 5. The number of nitrogens with one attached hydrogen (secondary N) is 1. The molecule has 2 aliphatic heterocycles. The van der Waals surface area contributed by atoms with Gasteiger partial charge in [0.05, 0.1) is 12.2 Å². The fourth-order valence-corrected chi connectivity index (χ4v) is 7.26. The zero-order chi connectivity index (χ0) is 24.2. The van der Waals surface area contributed by atoms with Crippen LogP contribution < -0.4 is 0 Å². The predicted octanol–water partition coefficient (Wildman–Crippen LogP) is 3.00. The number of H-pyrrole nitrogens is 1. The number of halogens is 1. The van der Waals surface area contributed by atoms with E-state index in [1.807, 2.05) is 21.0 Å². The van der Waals surface area contributed by atoms with Gasteiger partial charge in [0.1, 0.15) is 5.03 Å². The molecule has 182 valence electrons. The summed E-state index contributed by atoms with van der Waals surface area (Å²) >= 11 is 7.50. The van der Waals surface area contributed by atoms with Crippen LogP contribution in [0.25, 0.3) is 10.9 Å². The smallest absolute Gasteiger partial charge is 0.283 e. The van der Waals surface area contributed by atoms with Crippen molar-refractivity contribution in [1.82, 2.24) is 29.2 Å². The minimum absolute atomic E-state index is 0.117. The van der Waals surface area contributed by atoms with Crippen LogP contribution in [-0.2, 0) is 23.1 Å². The van der Waals surface area contributed by atoms with E-state index in [0.717, 1.165) is 22.5 Å². The molecule has 2 aromatic heterocycles. The van der Waals surface area contributed by atoms with E-state index in [4.69, 9.17) is 11.6 Å². The summed E-state index contributed by atoms with van der Waals surface area (Å²) in [5.74, 6) is -0.117. The number of sulfonamides is 1. The average Bonchev–Trinajstić information content (AvgIpc) is 3.42. The van der Waals surface area contributed by atoms with E-state index in [1.165, 1.54) is 15.6 Å². The molecule has 9 nitrogen and oxygen atoms in total. The summed E-state index contributed by atoms with van der Waals surface area (Å²) < 4.78 is 28.2. The number of hydrogen-bond donors (Lipinski definition) is 1. The minimum atomic E-state index is -3.74. The fraction of sp³-hybridized carbons (Fsp3) is 0.455. The molecule has 1 atom stereocenters. The van der Waals surface area contributed by atoms with Gasteiger partial charge in [-0.25, -0.2) is 23.4 Å². The first-order valence-electron chi connectivity index (χ1n) is 11.2. The summed E-state index contributed by atoms with van der Waals surface area (Å²) in [4.78, 5) is 23.9. The molecule has 34 heavy (non-hydrogen) atoms. The van der Waals surface area contributed by atoms with Gasteiger partial charge in [-0.3, -0.25) is 4.79 Å². The van der Waals surface area contributed by atoms with E-state index < -0.39 is 10.0 Å². The molecular formula is C22H27ClN6O3S2. The summed E-state index contributed by atoms with van der Waals surface area (Å²) in [5.41, 5.74) is 1.66. The number of aromatic amines is 1. The molecule has 1 N–H and O–H groups in total. The number of amides is 1. The molecule has 0 bridgehead atoms. The van der Waals surface area contributed by atoms with E-state index in [2.05, 4.69) is 20.0 Å².